The van der Waals surface area contributed by atoms with Crippen molar-refractivity contribution in [3.05, 3.63) is 35.1 Å². The molecule has 1 unspecified atom stereocenters. The number of benzene rings is 1. The summed E-state index contributed by atoms with van der Waals surface area (Å²) in [5, 5.41) is 2.35. The van der Waals surface area contributed by atoms with Crippen LogP contribution >= 0.6 is 0 Å². The van der Waals surface area contributed by atoms with Gasteiger partial charge >= 0.3 is 12.1 Å². The Labute approximate surface area is 162 Å². The third-order valence-electron chi connectivity index (χ3n) is 4.19. The molecular formula is C20H27F4NO3. The van der Waals surface area contributed by atoms with Crippen LogP contribution in [0.1, 0.15) is 68.8 Å². The van der Waals surface area contributed by atoms with Crippen molar-refractivity contribution in [1.29, 1.82) is 0 Å². The quantitative estimate of drug-likeness (QED) is 0.334. The molecule has 0 saturated carbocycles. The van der Waals surface area contributed by atoms with Crippen molar-refractivity contribution in [3.8, 4) is 0 Å². The number of halogens is 4. The molecule has 0 spiro atoms. The van der Waals surface area contributed by atoms with Crippen molar-refractivity contribution in [3.63, 3.8) is 0 Å². The number of ether oxygens (including phenoxy) is 1. The average molecular weight is 405 g/mol. The van der Waals surface area contributed by atoms with E-state index in [-0.39, 0.29) is 12.5 Å². The monoisotopic (exact) mass is 405 g/mol. The second-order valence-corrected chi connectivity index (χ2v) is 7.00. The molecule has 1 rings (SSSR count). The summed E-state index contributed by atoms with van der Waals surface area (Å²) in [4.78, 5) is 24.5. The topological polar surface area (TPSA) is 55.4 Å². The highest BCUT2D eigenvalue weighted by Gasteiger charge is 2.33. The lowest BCUT2D eigenvalue weighted by Crippen LogP contribution is -2.45. The van der Waals surface area contributed by atoms with Gasteiger partial charge in [-0.15, -0.1) is 0 Å². The molecule has 0 heterocycles. The summed E-state index contributed by atoms with van der Waals surface area (Å²) in [5.41, 5.74) is -1.78. The first kappa shape index (κ1) is 23.9. The maximum atomic E-state index is 13.5. The number of hydrogen-bond donors (Lipinski definition) is 1. The molecule has 0 aliphatic carbocycles. The second kappa shape index (κ2) is 11.0. The first-order valence-electron chi connectivity index (χ1n) is 9.41. The molecule has 8 heteroatoms. The molecule has 1 atom stereocenters. The minimum atomic E-state index is -4.79. The normalized spacial score (nSPS) is 12.7. The number of esters is 1. The fourth-order valence-corrected chi connectivity index (χ4v) is 2.57. The standard InChI is InChI=1S/C20H27F4NO3/c1-4-5-6-7-8-9-28-19(27)17(13(2)3)25-18(26)14-10-15(20(22,23)24)12-16(21)11-14/h10-13,17H,4-9H2,1-3H3,(H,25,26). The Bertz CT molecular complexity index is 659. The first-order valence-corrected chi connectivity index (χ1v) is 9.41. The van der Waals surface area contributed by atoms with Crippen LogP contribution in [0.3, 0.4) is 0 Å². The number of hydrogen-bond acceptors (Lipinski definition) is 3. The second-order valence-electron chi connectivity index (χ2n) is 7.00. The van der Waals surface area contributed by atoms with Crippen LogP contribution in [0.2, 0.25) is 0 Å². The zero-order chi connectivity index (χ0) is 21.3. The Morgan fingerprint density at radius 2 is 1.71 bits per heavy atom. The molecule has 1 aromatic carbocycles. The number of rotatable bonds is 10. The number of unbranched alkanes of at least 4 members (excludes halogenated alkanes) is 4. The van der Waals surface area contributed by atoms with Crippen molar-refractivity contribution in [2.75, 3.05) is 6.61 Å². The number of nitrogens with one attached hydrogen (secondary N) is 1. The first-order chi connectivity index (χ1) is 13.1. The highest BCUT2D eigenvalue weighted by Crippen LogP contribution is 2.30. The number of carbonyl (C=O) groups excluding carboxylic acids is 2. The lowest BCUT2D eigenvalue weighted by molar-refractivity contribution is -0.147. The largest absolute Gasteiger partial charge is 0.464 e. The zero-order valence-electron chi connectivity index (χ0n) is 16.4. The van der Waals surface area contributed by atoms with Crippen LogP contribution in [-0.4, -0.2) is 24.5 Å². The number of alkyl halides is 3. The molecule has 0 aromatic heterocycles. The van der Waals surface area contributed by atoms with Crippen molar-refractivity contribution >= 4 is 11.9 Å². The Kier molecular flexibility index (Phi) is 9.41. The third kappa shape index (κ3) is 7.86. The molecule has 1 N–H and O–H groups in total. The van der Waals surface area contributed by atoms with E-state index in [9.17, 15) is 27.2 Å². The summed E-state index contributed by atoms with van der Waals surface area (Å²) in [6.07, 6.45) is 0.0705. The maximum Gasteiger partial charge on any atom is 0.416 e. The van der Waals surface area contributed by atoms with Crippen molar-refractivity contribution < 1.29 is 31.9 Å². The summed E-state index contributed by atoms with van der Waals surface area (Å²) in [5.74, 6) is -3.17. The van der Waals surface area contributed by atoms with E-state index in [4.69, 9.17) is 4.74 Å². The molecule has 0 fully saturated rings. The molecular weight excluding hydrogens is 378 g/mol. The minimum absolute atomic E-state index is 0.208. The predicted octanol–water partition coefficient (Wildman–Crippen LogP) is 5.11. The predicted molar refractivity (Wildman–Crippen MR) is 97.2 cm³/mol. The van der Waals surface area contributed by atoms with E-state index in [1.165, 1.54) is 0 Å². The Balaban J connectivity index is 2.74. The van der Waals surface area contributed by atoms with E-state index in [0.29, 0.717) is 24.6 Å². The lowest BCUT2D eigenvalue weighted by atomic mass is 10.0. The summed E-state index contributed by atoms with van der Waals surface area (Å²) in [7, 11) is 0. The average Bonchev–Trinajstić information content (AvgIpc) is 2.60. The van der Waals surface area contributed by atoms with Crippen LogP contribution in [0, 0.1) is 11.7 Å². The highest BCUT2D eigenvalue weighted by atomic mass is 19.4. The zero-order valence-corrected chi connectivity index (χ0v) is 16.4. The van der Waals surface area contributed by atoms with Crippen molar-refractivity contribution in [1.82, 2.24) is 5.32 Å². The van der Waals surface area contributed by atoms with Crippen LogP contribution in [0.5, 0.6) is 0 Å². The summed E-state index contributed by atoms with van der Waals surface area (Å²) < 4.78 is 57.1. The fourth-order valence-electron chi connectivity index (χ4n) is 2.57. The molecule has 158 valence electrons. The van der Waals surface area contributed by atoms with Crippen LogP contribution in [-0.2, 0) is 15.7 Å². The van der Waals surface area contributed by atoms with E-state index in [2.05, 4.69) is 12.2 Å². The lowest BCUT2D eigenvalue weighted by Gasteiger charge is -2.21. The van der Waals surface area contributed by atoms with Crippen molar-refractivity contribution in [2.24, 2.45) is 5.92 Å². The molecule has 0 radical (unpaired) electrons. The van der Waals surface area contributed by atoms with Gasteiger partial charge in [0.1, 0.15) is 11.9 Å². The number of carbonyl (C=O) groups is 2. The van der Waals surface area contributed by atoms with Crippen LogP contribution in [0.4, 0.5) is 17.6 Å². The van der Waals surface area contributed by atoms with Gasteiger partial charge in [0, 0.05) is 5.56 Å². The number of amides is 1. The molecule has 1 amide bonds. The minimum Gasteiger partial charge on any atom is -0.464 e. The summed E-state index contributed by atoms with van der Waals surface area (Å²) >= 11 is 0. The van der Waals surface area contributed by atoms with Gasteiger partial charge < -0.3 is 10.1 Å². The van der Waals surface area contributed by atoms with Gasteiger partial charge in [0.15, 0.2) is 0 Å². The van der Waals surface area contributed by atoms with Gasteiger partial charge in [-0.05, 0) is 30.5 Å². The smallest absolute Gasteiger partial charge is 0.416 e. The third-order valence-corrected chi connectivity index (χ3v) is 4.19. The highest BCUT2D eigenvalue weighted by molar-refractivity contribution is 5.97. The summed E-state index contributed by atoms with van der Waals surface area (Å²) in [6.45, 7) is 5.63. The van der Waals surface area contributed by atoms with Gasteiger partial charge in [-0.25, -0.2) is 9.18 Å². The van der Waals surface area contributed by atoms with Gasteiger partial charge in [-0.2, -0.15) is 13.2 Å². The molecule has 4 nitrogen and oxygen atoms in total. The van der Waals surface area contributed by atoms with Gasteiger partial charge in [-0.1, -0.05) is 46.5 Å². The molecule has 1 aromatic rings. The van der Waals surface area contributed by atoms with E-state index in [0.717, 1.165) is 25.7 Å². The SMILES string of the molecule is CCCCCCCOC(=O)C(NC(=O)c1cc(F)cc(C(F)(F)F)c1)C(C)C. The molecule has 0 aliphatic heterocycles. The maximum absolute atomic E-state index is 13.5. The van der Waals surface area contributed by atoms with Gasteiger partial charge in [-0.3, -0.25) is 4.79 Å². The van der Waals surface area contributed by atoms with Crippen LogP contribution in [0.15, 0.2) is 18.2 Å². The van der Waals surface area contributed by atoms with Gasteiger partial charge in [0.2, 0.25) is 0 Å². The fraction of sp³-hybridized carbons (Fsp3) is 0.600. The van der Waals surface area contributed by atoms with Gasteiger partial charge in [0.25, 0.3) is 5.91 Å². The van der Waals surface area contributed by atoms with Crippen LogP contribution in [0.25, 0.3) is 0 Å². The van der Waals surface area contributed by atoms with E-state index >= 15 is 0 Å². The van der Waals surface area contributed by atoms with E-state index < -0.39 is 41.0 Å². The Morgan fingerprint density at radius 3 is 2.29 bits per heavy atom. The van der Waals surface area contributed by atoms with Crippen LogP contribution < -0.4 is 5.32 Å². The summed E-state index contributed by atoms with van der Waals surface area (Å²) in [6, 6.07) is 0.514. The van der Waals surface area contributed by atoms with Crippen molar-refractivity contribution in [2.45, 2.75) is 65.1 Å². The molecule has 28 heavy (non-hydrogen) atoms. The van der Waals surface area contributed by atoms with E-state index in [1.807, 2.05) is 0 Å². The van der Waals surface area contributed by atoms with Gasteiger partial charge in [0.05, 0.1) is 12.2 Å². The Hall–Kier alpha value is -2.12. The Morgan fingerprint density at radius 1 is 1.07 bits per heavy atom. The van der Waals surface area contributed by atoms with E-state index in [1.54, 1.807) is 13.8 Å². The molecule has 0 bridgehead atoms. The molecule has 0 aliphatic rings. The molecule has 0 saturated heterocycles.